The van der Waals surface area contributed by atoms with Gasteiger partial charge in [-0.05, 0) is 41.1 Å². The zero-order valence-electron chi connectivity index (χ0n) is 14.4. The van der Waals surface area contributed by atoms with E-state index in [0.717, 1.165) is 4.68 Å². The number of phenolic OH excluding ortho intramolecular Hbond substituents is 1. The van der Waals surface area contributed by atoms with Crippen LogP contribution in [0.25, 0.3) is 5.69 Å². The van der Waals surface area contributed by atoms with Gasteiger partial charge in [-0.15, -0.1) is 0 Å². The smallest absolute Gasteiger partial charge is 0.368 e. The molecule has 0 aliphatic rings. The fourth-order valence-corrected chi connectivity index (χ4v) is 2.67. The van der Waals surface area contributed by atoms with Gasteiger partial charge in [0, 0.05) is 13.1 Å². The Balaban J connectivity index is 2.01. The van der Waals surface area contributed by atoms with Crippen LogP contribution in [-0.4, -0.2) is 32.0 Å². The molecule has 3 rings (SSSR count). The summed E-state index contributed by atoms with van der Waals surface area (Å²) in [5.41, 5.74) is 1.35. The van der Waals surface area contributed by atoms with Crippen molar-refractivity contribution in [3.05, 3.63) is 57.0 Å². The minimum Gasteiger partial charge on any atom is -0.508 e. The van der Waals surface area contributed by atoms with Crippen LogP contribution in [0.3, 0.4) is 0 Å². The van der Waals surface area contributed by atoms with Gasteiger partial charge >= 0.3 is 5.69 Å². The second-order valence-corrected chi connectivity index (χ2v) is 6.02. The van der Waals surface area contributed by atoms with E-state index in [4.69, 9.17) is 21.1 Å². The standard InChI is InChI=1S/C17H17ClN4O4/c1-10-7-16(12(18)8-14(10)23)26-9-11-13(5-4-6-15(11)25-3)22-17(24)21(2)19-20-22/h4-8,23H,9H2,1-3H3. The zero-order chi connectivity index (χ0) is 18.8. The third kappa shape index (κ3) is 3.23. The summed E-state index contributed by atoms with van der Waals surface area (Å²) in [7, 11) is 3.04. The van der Waals surface area contributed by atoms with Gasteiger partial charge in [-0.2, -0.15) is 9.36 Å². The van der Waals surface area contributed by atoms with Gasteiger partial charge in [0.1, 0.15) is 23.9 Å². The van der Waals surface area contributed by atoms with Gasteiger partial charge in [0.25, 0.3) is 0 Å². The molecule has 136 valence electrons. The minimum absolute atomic E-state index is 0.0757. The van der Waals surface area contributed by atoms with E-state index in [1.165, 1.54) is 24.9 Å². The molecule has 9 heteroatoms. The van der Waals surface area contributed by atoms with Crippen molar-refractivity contribution in [1.82, 2.24) is 19.8 Å². The van der Waals surface area contributed by atoms with E-state index in [1.807, 2.05) is 0 Å². The predicted octanol–water partition coefficient (Wildman–Crippen LogP) is 2.22. The highest BCUT2D eigenvalue weighted by Crippen LogP contribution is 2.33. The number of phenols is 1. The van der Waals surface area contributed by atoms with Gasteiger partial charge < -0.3 is 14.6 Å². The Morgan fingerprint density at radius 2 is 2.00 bits per heavy atom. The molecule has 0 aliphatic carbocycles. The summed E-state index contributed by atoms with van der Waals surface area (Å²) in [6, 6.07) is 8.29. The molecule has 0 saturated carbocycles. The van der Waals surface area contributed by atoms with Crippen LogP contribution in [0.4, 0.5) is 0 Å². The molecule has 0 spiro atoms. The first-order valence-electron chi connectivity index (χ1n) is 7.69. The first kappa shape index (κ1) is 17.8. The average molecular weight is 377 g/mol. The van der Waals surface area contributed by atoms with Gasteiger partial charge in [-0.3, -0.25) is 0 Å². The number of halogens is 1. The normalized spacial score (nSPS) is 10.8. The third-order valence-corrected chi connectivity index (χ3v) is 4.20. The van der Waals surface area contributed by atoms with Crippen LogP contribution in [0.5, 0.6) is 17.2 Å². The lowest BCUT2D eigenvalue weighted by atomic mass is 10.1. The minimum atomic E-state index is -0.391. The Labute approximate surface area is 154 Å². The first-order valence-corrected chi connectivity index (χ1v) is 8.07. The van der Waals surface area contributed by atoms with Crippen LogP contribution in [0.15, 0.2) is 35.1 Å². The van der Waals surface area contributed by atoms with E-state index in [0.29, 0.717) is 28.3 Å². The summed E-state index contributed by atoms with van der Waals surface area (Å²) in [6.45, 7) is 1.82. The summed E-state index contributed by atoms with van der Waals surface area (Å²) in [4.78, 5) is 12.2. The van der Waals surface area contributed by atoms with Crippen molar-refractivity contribution in [3.63, 3.8) is 0 Å². The molecule has 0 unspecified atom stereocenters. The van der Waals surface area contributed by atoms with E-state index >= 15 is 0 Å². The van der Waals surface area contributed by atoms with Gasteiger partial charge in [-0.1, -0.05) is 17.7 Å². The molecular formula is C17H17ClN4O4. The van der Waals surface area contributed by atoms with Gasteiger partial charge in [-0.25, -0.2) is 4.79 Å². The van der Waals surface area contributed by atoms with Crippen LogP contribution in [0.1, 0.15) is 11.1 Å². The Morgan fingerprint density at radius 3 is 2.65 bits per heavy atom. The Kier molecular flexibility index (Phi) is 4.85. The largest absolute Gasteiger partial charge is 0.508 e. The summed E-state index contributed by atoms with van der Waals surface area (Å²) in [5, 5.41) is 17.6. The fourth-order valence-electron chi connectivity index (χ4n) is 2.46. The number of hydrogen-bond donors (Lipinski definition) is 1. The summed E-state index contributed by atoms with van der Waals surface area (Å²) in [5.74, 6) is 1.03. The van der Waals surface area contributed by atoms with Crippen molar-refractivity contribution in [1.29, 1.82) is 0 Å². The lowest BCUT2D eigenvalue weighted by molar-refractivity contribution is 0.295. The monoisotopic (exact) mass is 376 g/mol. The molecule has 3 aromatic rings. The average Bonchev–Trinajstić information content (AvgIpc) is 2.95. The Hall–Kier alpha value is -3.00. The highest BCUT2D eigenvalue weighted by molar-refractivity contribution is 6.32. The van der Waals surface area contributed by atoms with E-state index in [1.54, 1.807) is 31.2 Å². The molecule has 26 heavy (non-hydrogen) atoms. The first-order chi connectivity index (χ1) is 12.4. The van der Waals surface area contributed by atoms with Crippen LogP contribution in [-0.2, 0) is 13.7 Å². The topological polar surface area (TPSA) is 91.4 Å². The molecule has 0 atom stereocenters. The SMILES string of the molecule is COc1cccc(-n2nnn(C)c2=O)c1COc1cc(C)c(O)cc1Cl. The Morgan fingerprint density at radius 1 is 1.23 bits per heavy atom. The molecule has 0 radical (unpaired) electrons. The van der Waals surface area contributed by atoms with E-state index < -0.39 is 5.69 Å². The number of hydrogen-bond acceptors (Lipinski definition) is 6. The highest BCUT2D eigenvalue weighted by atomic mass is 35.5. The predicted molar refractivity (Wildman–Crippen MR) is 95.3 cm³/mol. The number of nitrogens with zero attached hydrogens (tertiary/aromatic N) is 4. The fraction of sp³-hybridized carbons (Fsp3) is 0.235. The number of ether oxygens (including phenoxy) is 2. The number of rotatable bonds is 5. The summed E-state index contributed by atoms with van der Waals surface area (Å²) >= 11 is 6.13. The molecule has 0 saturated heterocycles. The molecule has 2 aromatic carbocycles. The lowest BCUT2D eigenvalue weighted by Gasteiger charge is -2.15. The summed E-state index contributed by atoms with van der Waals surface area (Å²) < 4.78 is 13.5. The number of benzene rings is 2. The van der Waals surface area contributed by atoms with Crippen molar-refractivity contribution < 1.29 is 14.6 Å². The molecule has 1 aromatic heterocycles. The quantitative estimate of drug-likeness (QED) is 0.734. The van der Waals surface area contributed by atoms with Gasteiger partial charge in [0.15, 0.2) is 0 Å². The van der Waals surface area contributed by atoms with E-state index in [9.17, 15) is 9.90 Å². The second kappa shape index (κ2) is 7.09. The lowest BCUT2D eigenvalue weighted by Crippen LogP contribution is -2.23. The second-order valence-electron chi connectivity index (χ2n) is 5.61. The van der Waals surface area contributed by atoms with Crippen molar-refractivity contribution >= 4 is 11.6 Å². The molecular weight excluding hydrogens is 360 g/mol. The van der Waals surface area contributed by atoms with Crippen LogP contribution in [0.2, 0.25) is 5.02 Å². The molecule has 0 aliphatic heterocycles. The molecule has 1 heterocycles. The van der Waals surface area contributed by atoms with E-state index in [2.05, 4.69) is 10.4 Å². The number of tetrazole rings is 1. The summed E-state index contributed by atoms with van der Waals surface area (Å²) in [6.07, 6.45) is 0. The van der Waals surface area contributed by atoms with Crippen molar-refractivity contribution in [2.75, 3.05) is 7.11 Å². The molecule has 8 nitrogen and oxygen atoms in total. The number of methoxy groups -OCH3 is 1. The van der Waals surface area contributed by atoms with E-state index in [-0.39, 0.29) is 17.4 Å². The van der Waals surface area contributed by atoms with Crippen molar-refractivity contribution in [3.8, 4) is 22.9 Å². The van der Waals surface area contributed by atoms with Crippen LogP contribution in [0, 0.1) is 6.92 Å². The van der Waals surface area contributed by atoms with Crippen molar-refractivity contribution in [2.24, 2.45) is 7.05 Å². The van der Waals surface area contributed by atoms with Gasteiger partial charge in [0.2, 0.25) is 0 Å². The zero-order valence-corrected chi connectivity index (χ0v) is 15.2. The van der Waals surface area contributed by atoms with Gasteiger partial charge in [0.05, 0.1) is 23.4 Å². The molecule has 1 N–H and O–H groups in total. The maximum Gasteiger partial charge on any atom is 0.368 e. The van der Waals surface area contributed by atoms with Crippen LogP contribution >= 0.6 is 11.6 Å². The number of aromatic nitrogens is 4. The third-order valence-electron chi connectivity index (χ3n) is 3.90. The molecule has 0 fully saturated rings. The van der Waals surface area contributed by atoms with Crippen molar-refractivity contribution in [2.45, 2.75) is 13.5 Å². The molecule has 0 bridgehead atoms. The van der Waals surface area contributed by atoms with Crippen LogP contribution < -0.4 is 15.2 Å². The maximum absolute atomic E-state index is 12.2. The molecule has 0 amide bonds. The maximum atomic E-state index is 12.2. The Bertz CT molecular complexity index is 1010. The number of aryl methyl sites for hydroxylation is 2. The number of aromatic hydroxyl groups is 1. The highest BCUT2D eigenvalue weighted by Gasteiger charge is 2.16.